The van der Waals surface area contributed by atoms with Crippen molar-refractivity contribution in [2.75, 3.05) is 6.54 Å². The van der Waals surface area contributed by atoms with Gasteiger partial charge in [-0.05, 0) is 37.5 Å². The van der Waals surface area contributed by atoms with E-state index >= 15 is 0 Å². The molecular weight excluding hydrogens is 436 g/mol. The van der Waals surface area contributed by atoms with Crippen molar-refractivity contribution in [2.45, 2.75) is 38.8 Å². The zero-order valence-electron chi connectivity index (χ0n) is 18.0. The molecule has 1 unspecified atom stereocenters. The van der Waals surface area contributed by atoms with Crippen LogP contribution in [0.2, 0.25) is 0 Å². The Bertz CT molecular complexity index is 1200. The lowest BCUT2D eigenvalue weighted by atomic mass is 9.89. The zero-order chi connectivity index (χ0) is 23.3. The second-order valence-electron chi connectivity index (χ2n) is 8.52. The third-order valence-electron chi connectivity index (χ3n) is 5.57. The smallest absolute Gasteiger partial charge is 0.350 e. The van der Waals surface area contributed by atoms with Gasteiger partial charge < -0.3 is 5.32 Å². The molecule has 0 radical (unpaired) electrons. The molecule has 1 aromatic heterocycles. The first-order valence-electron chi connectivity index (χ1n) is 10.1. The van der Waals surface area contributed by atoms with Crippen molar-refractivity contribution in [3.05, 3.63) is 40.6 Å². The molecule has 0 spiro atoms. The first-order chi connectivity index (χ1) is 15.0. The molecule has 1 fully saturated rings. The molecule has 2 heterocycles. The Kier molecular flexibility index (Phi) is 5.37. The fourth-order valence-corrected chi connectivity index (χ4v) is 5.16. The van der Waals surface area contributed by atoms with Crippen molar-refractivity contribution < 1.29 is 22.8 Å². The Morgan fingerprint density at radius 3 is 2.62 bits per heavy atom. The molecule has 1 aliphatic heterocycles. The van der Waals surface area contributed by atoms with E-state index in [0.717, 1.165) is 17.7 Å². The van der Waals surface area contributed by atoms with Crippen molar-refractivity contribution in [2.24, 2.45) is 18.0 Å². The summed E-state index contributed by atoms with van der Waals surface area (Å²) in [6.07, 6.45) is 7.34. The van der Waals surface area contributed by atoms with Gasteiger partial charge in [0.25, 0.3) is 0 Å². The Hall–Kier alpha value is -3.12. The van der Waals surface area contributed by atoms with Gasteiger partial charge in [-0.1, -0.05) is 0 Å². The maximum absolute atomic E-state index is 13.3. The van der Waals surface area contributed by atoms with Crippen LogP contribution in [0.5, 0.6) is 0 Å². The van der Waals surface area contributed by atoms with Gasteiger partial charge in [-0.25, -0.2) is 17.9 Å². The molecule has 1 atom stereocenters. The molecule has 1 aromatic rings. The number of aryl methyl sites for hydroxylation is 1. The van der Waals surface area contributed by atoms with Gasteiger partial charge in [0, 0.05) is 37.8 Å². The fourth-order valence-electron chi connectivity index (χ4n) is 3.57. The van der Waals surface area contributed by atoms with E-state index in [4.69, 9.17) is 0 Å². The lowest BCUT2D eigenvalue weighted by Gasteiger charge is -2.31. The summed E-state index contributed by atoms with van der Waals surface area (Å²) in [6.45, 7) is 3.04. The third kappa shape index (κ3) is 4.41. The van der Waals surface area contributed by atoms with E-state index in [-0.39, 0.29) is 29.6 Å². The Balaban J connectivity index is 1.70. The second-order valence-corrected chi connectivity index (χ2v) is 10.2. The van der Waals surface area contributed by atoms with Gasteiger partial charge in [0.15, 0.2) is 0 Å². The van der Waals surface area contributed by atoms with Crippen LogP contribution in [0.15, 0.2) is 40.0 Å². The molecular formula is C20H24N6O5S. The summed E-state index contributed by atoms with van der Waals surface area (Å²) < 4.78 is 30.2. The van der Waals surface area contributed by atoms with Crippen LogP contribution >= 0.6 is 0 Å². The number of carbonyl (C=O) groups excluding carboxylic acids is 3. The molecule has 2 N–H and O–H groups in total. The summed E-state index contributed by atoms with van der Waals surface area (Å²) in [5.74, 6) is -1.98. The molecule has 3 aliphatic rings. The Labute approximate surface area is 185 Å². The molecule has 4 rings (SSSR count). The molecule has 1 saturated carbocycles. The van der Waals surface area contributed by atoms with Crippen LogP contribution < -0.4 is 10.0 Å². The molecule has 0 bridgehead atoms. The fraction of sp³-hybridized carbons (Fsp3) is 0.450. The highest BCUT2D eigenvalue weighted by molar-refractivity contribution is 7.93. The van der Waals surface area contributed by atoms with E-state index < -0.39 is 33.4 Å². The normalized spacial score (nSPS) is 22.0. The number of hydrogen-bond donors (Lipinski definition) is 2. The first-order valence-corrected chi connectivity index (χ1v) is 11.6. The maximum Gasteiger partial charge on any atom is 0.350 e. The lowest BCUT2D eigenvalue weighted by Crippen LogP contribution is -2.48. The van der Waals surface area contributed by atoms with Gasteiger partial charge >= 0.3 is 6.03 Å². The number of nitrogens with one attached hydrogen (secondary N) is 2. The van der Waals surface area contributed by atoms with E-state index in [0.29, 0.717) is 11.1 Å². The summed E-state index contributed by atoms with van der Waals surface area (Å²) in [5, 5.41) is 6.62. The predicted molar refractivity (Wildman–Crippen MR) is 115 cm³/mol. The van der Waals surface area contributed by atoms with E-state index in [1.54, 1.807) is 17.9 Å². The SMILES string of the molecule is CC(=O)NCC1=CC(S(=O)(=O)NC2(C)CC2)=CC2C(=O)N(Cc3cnn(C)c3)C(=O)N=C12. The average Bonchev–Trinajstić information content (AvgIpc) is 3.27. The Morgan fingerprint density at radius 1 is 1.31 bits per heavy atom. The molecule has 0 saturated heterocycles. The summed E-state index contributed by atoms with van der Waals surface area (Å²) in [7, 11) is -2.20. The van der Waals surface area contributed by atoms with E-state index in [1.807, 2.05) is 6.92 Å². The van der Waals surface area contributed by atoms with E-state index in [9.17, 15) is 22.8 Å². The molecule has 12 heteroatoms. The van der Waals surface area contributed by atoms with Crippen molar-refractivity contribution in [1.29, 1.82) is 0 Å². The second kappa shape index (κ2) is 7.78. The minimum absolute atomic E-state index is 0.0320. The van der Waals surface area contributed by atoms with Gasteiger partial charge in [0.1, 0.15) is 5.92 Å². The number of allylic oxidation sites excluding steroid dienone is 1. The molecule has 32 heavy (non-hydrogen) atoms. The first kappa shape index (κ1) is 22.1. The summed E-state index contributed by atoms with van der Waals surface area (Å²) in [5.41, 5.74) is 0.584. The summed E-state index contributed by atoms with van der Waals surface area (Å²) >= 11 is 0. The highest BCUT2D eigenvalue weighted by Gasteiger charge is 2.44. The monoisotopic (exact) mass is 460 g/mol. The highest BCUT2D eigenvalue weighted by Crippen LogP contribution is 2.37. The lowest BCUT2D eigenvalue weighted by molar-refractivity contribution is -0.129. The minimum Gasteiger partial charge on any atom is -0.352 e. The zero-order valence-corrected chi connectivity index (χ0v) is 18.8. The van der Waals surface area contributed by atoms with Crippen LogP contribution in [-0.4, -0.2) is 58.7 Å². The number of carbonyl (C=O) groups is 3. The summed E-state index contributed by atoms with van der Waals surface area (Å²) in [4.78, 5) is 42.3. The van der Waals surface area contributed by atoms with Gasteiger partial charge in [-0.2, -0.15) is 10.1 Å². The van der Waals surface area contributed by atoms with Gasteiger partial charge in [0.2, 0.25) is 21.8 Å². The van der Waals surface area contributed by atoms with Crippen LogP contribution in [-0.2, 0) is 33.2 Å². The predicted octanol–water partition coefficient (Wildman–Crippen LogP) is 0.371. The van der Waals surface area contributed by atoms with Crippen molar-refractivity contribution >= 4 is 33.6 Å². The number of amides is 4. The van der Waals surface area contributed by atoms with Crippen LogP contribution in [0.4, 0.5) is 4.79 Å². The standard InChI is InChI=1S/C20H24N6O5S/c1-12(27)21-9-14-6-15(32(30,31)24-20(2)4-5-20)7-16-17(14)23-19(29)26(18(16)28)11-13-8-22-25(3)10-13/h6-8,10,16,24H,4-5,9,11H2,1-3H3,(H,21,27). The largest absolute Gasteiger partial charge is 0.352 e. The molecule has 11 nitrogen and oxygen atoms in total. The Morgan fingerprint density at radius 2 is 2.03 bits per heavy atom. The number of rotatable bonds is 7. The van der Waals surface area contributed by atoms with Gasteiger partial charge in [0.05, 0.1) is 23.4 Å². The molecule has 4 amide bonds. The highest BCUT2D eigenvalue weighted by atomic mass is 32.2. The topological polar surface area (TPSA) is 143 Å². The number of nitrogens with zero attached hydrogens (tertiary/aromatic N) is 4. The van der Waals surface area contributed by atoms with Crippen molar-refractivity contribution in [3.8, 4) is 0 Å². The van der Waals surface area contributed by atoms with Crippen LogP contribution in [0.3, 0.4) is 0 Å². The number of sulfonamides is 1. The number of urea groups is 1. The number of aromatic nitrogens is 2. The quantitative estimate of drug-likeness (QED) is 0.602. The summed E-state index contributed by atoms with van der Waals surface area (Å²) in [6, 6.07) is -0.748. The van der Waals surface area contributed by atoms with Crippen LogP contribution in [0.25, 0.3) is 0 Å². The number of fused-ring (bicyclic) bond motifs is 1. The number of aliphatic imine (C=N–C) groups is 1. The molecule has 170 valence electrons. The molecule has 0 aromatic carbocycles. The van der Waals surface area contributed by atoms with Gasteiger partial charge in [-0.15, -0.1) is 0 Å². The number of imide groups is 1. The third-order valence-corrected chi connectivity index (χ3v) is 7.20. The van der Waals surface area contributed by atoms with Crippen molar-refractivity contribution in [3.63, 3.8) is 0 Å². The van der Waals surface area contributed by atoms with Gasteiger partial charge in [-0.3, -0.25) is 19.2 Å². The van der Waals surface area contributed by atoms with E-state index in [1.165, 1.54) is 25.3 Å². The maximum atomic E-state index is 13.3. The molecule has 2 aliphatic carbocycles. The van der Waals surface area contributed by atoms with Crippen LogP contribution in [0, 0.1) is 5.92 Å². The van der Waals surface area contributed by atoms with Crippen LogP contribution in [0.1, 0.15) is 32.3 Å². The average molecular weight is 461 g/mol. The van der Waals surface area contributed by atoms with Crippen molar-refractivity contribution in [1.82, 2.24) is 24.7 Å². The van der Waals surface area contributed by atoms with E-state index in [2.05, 4.69) is 20.1 Å². The number of hydrogen-bond acceptors (Lipinski definition) is 6. The minimum atomic E-state index is -3.91.